The summed E-state index contributed by atoms with van der Waals surface area (Å²) in [6.07, 6.45) is 4.32. The van der Waals surface area contributed by atoms with Gasteiger partial charge < -0.3 is 5.32 Å². The number of amides is 1. The molecule has 0 spiro atoms. The molecule has 3 aromatic rings. The predicted molar refractivity (Wildman–Crippen MR) is 126 cm³/mol. The van der Waals surface area contributed by atoms with Gasteiger partial charge in [-0.3, -0.25) is 14.4 Å². The lowest BCUT2D eigenvalue weighted by molar-refractivity contribution is 0.0952. The molecule has 0 atom stereocenters. The number of hydrogen-bond acceptors (Lipinski definition) is 5. The second-order valence-corrected chi connectivity index (χ2v) is 10.0. The van der Waals surface area contributed by atoms with Crippen LogP contribution in [0.5, 0.6) is 0 Å². The number of benzene rings is 2. The molecule has 9 heteroatoms. The Morgan fingerprint density at radius 2 is 1.76 bits per heavy atom. The summed E-state index contributed by atoms with van der Waals surface area (Å²) in [6.45, 7) is 4.20. The van der Waals surface area contributed by atoms with Crippen LogP contribution in [0.1, 0.15) is 22.3 Å². The highest BCUT2D eigenvalue weighted by atomic mass is 32.2. The van der Waals surface area contributed by atoms with Gasteiger partial charge in [-0.25, -0.2) is 8.42 Å². The first-order valence-electron chi connectivity index (χ1n) is 11.1. The Morgan fingerprint density at radius 3 is 2.48 bits per heavy atom. The number of aryl methyl sites for hydroxylation is 1. The van der Waals surface area contributed by atoms with E-state index in [9.17, 15) is 13.2 Å². The summed E-state index contributed by atoms with van der Waals surface area (Å²) in [5.41, 5.74) is 1.56. The summed E-state index contributed by atoms with van der Waals surface area (Å²) < 4.78 is 29.7. The molecule has 8 nitrogen and oxygen atoms in total. The van der Waals surface area contributed by atoms with Gasteiger partial charge in [0.25, 0.3) is 5.91 Å². The van der Waals surface area contributed by atoms with Crippen LogP contribution in [-0.4, -0.2) is 66.0 Å². The van der Waals surface area contributed by atoms with Crippen molar-refractivity contribution < 1.29 is 13.2 Å². The average molecular weight is 468 g/mol. The van der Waals surface area contributed by atoms with Gasteiger partial charge in [-0.05, 0) is 36.2 Å². The van der Waals surface area contributed by atoms with Crippen LogP contribution >= 0.6 is 0 Å². The standard InChI is InChI=1S/C24H29N5O3S/c30-24(25-11-5-13-28-14-6-12-26-28)22-9-4-10-23(19-22)33(31,32)29-17-15-27(16-18-29)20-21-7-2-1-3-8-21/h1-4,6-10,12,14,19H,5,11,13,15-18,20H2,(H,25,30). The summed E-state index contributed by atoms with van der Waals surface area (Å²) >= 11 is 0. The van der Waals surface area contributed by atoms with E-state index in [4.69, 9.17) is 0 Å². The summed E-state index contributed by atoms with van der Waals surface area (Å²) in [6, 6.07) is 18.3. The molecule has 4 rings (SSSR count). The van der Waals surface area contributed by atoms with E-state index in [1.54, 1.807) is 29.1 Å². The maximum absolute atomic E-state index is 13.2. The van der Waals surface area contributed by atoms with Crippen molar-refractivity contribution in [2.75, 3.05) is 32.7 Å². The van der Waals surface area contributed by atoms with Gasteiger partial charge in [0.05, 0.1) is 4.90 Å². The molecule has 1 amide bonds. The van der Waals surface area contributed by atoms with Crippen LogP contribution in [0, 0.1) is 0 Å². The Balaban J connectivity index is 1.31. The quantitative estimate of drug-likeness (QED) is 0.488. The number of carbonyl (C=O) groups excluding carboxylic acids is 1. The van der Waals surface area contributed by atoms with Gasteiger partial charge >= 0.3 is 0 Å². The third kappa shape index (κ3) is 6.07. The third-order valence-electron chi connectivity index (χ3n) is 5.72. The lowest BCUT2D eigenvalue weighted by Gasteiger charge is -2.34. The summed E-state index contributed by atoms with van der Waals surface area (Å²) in [5, 5.41) is 6.98. The molecular weight excluding hydrogens is 438 g/mol. The Morgan fingerprint density at radius 1 is 0.970 bits per heavy atom. The van der Waals surface area contributed by atoms with Crippen molar-refractivity contribution in [1.82, 2.24) is 24.3 Å². The summed E-state index contributed by atoms with van der Waals surface area (Å²) in [5.74, 6) is -0.278. The Kier molecular flexibility index (Phi) is 7.54. The first-order chi connectivity index (χ1) is 16.0. The lowest BCUT2D eigenvalue weighted by Crippen LogP contribution is -2.48. The number of nitrogens with zero attached hydrogens (tertiary/aromatic N) is 4. The molecule has 0 aliphatic carbocycles. The largest absolute Gasteiger partial charge is 0.352 e. The normalized spacial score (nSPS) is 15.4. The Bertz CT molecular complexity index is 1140. The van der Waals surface area contributed by atoms with Gasteiger partial charge in [0, 0.05) is 63.8 Å². The zero-order valence-corrected chi connectivity index (χ0v) is 19.3. The fourth-order valence-electron chi connectivity index (χ4n) is 3.89. The highest BCUT2D eigenvalue weighted by Crippen LogP contribution is 2.20. The molecule has 2 aromatic carbocycles. The summed E-state index contributed by atoms with van der Waals surface area (Å²) in [7, 11) is -3.65. The molecule has 1 aromatic heterocycles. The zero-order chi connectivity index (χ0) is 23.1. The zero-order valence-electron chi connectivity index (χ0n) is 18.5. The van der Waals surface area contributed by atoms with Crippen molar-refractivity contribution in [2.45, 2.75) is 24.4 Å². The number of carbonyl (C=O) groups is 1. The summed E-state index contributed by atoms with van der Waals surface area (Å²) in [4.78, 5) is 14.9. The minimum atomic E-state index is -3.65. The van der Waals surface area contributed by atoms with Crippen molar-refractivity contribution in [2.24, 2.45) is 0 Å². The van der Waals surface area contributed by atoms with E-state index in [1.807, 2.05) is 30.5 Å². The van der Waals surface area contributed by atoms with Gasteiger partial charge in [0.15, 0.2) is 0 Å². The molecule has 1 aliphatic heterocycles. The SMILES string of the molecule is O=C(NCCCn1cccn1)c1cccc(S(=O)(=O)N2CCN(Cc3ccccc3)CC2)c1. The minimum Gasteiger partial charge on any atom is -0.352 e. The number of nitrogens with one attached hydrogen (secondary N) is 1. The van der Waals surface area contributed by atoms with E-state index in [0.717, 1.165) is 13.0 Å². The molecule has 1 aliphatic rings. The van der Waals surface area contributed by atoms with E-state index >= 15 is 0 Å². The highest BCUT2D eigenvalue weighted by Gasteiger charge is 2.29. The molecule has 1 N–H and O–H groups in total. The minimum absolute atomic E-state index is 0.156. The van der Waals surface area contributed by atoms with E-state index in [2.05, 4.69) is 27.4 Å². The maximum Gasteiger partial charge on any atom is 0.251 e. The van der Waals surface area contributed by atoms with Gasteiger partial charge in [0.1, 0.15) is 0 Å². The molecule has 1 saturated heterocycles. The van der Waals surface area contributed by atoms with Crippen LogP contribution in [0.15, 0.2) is 78.0 Å². The number of piperazine rings is 1. The van der Waals surface area contributed by atoms with E-state index in [1.165, 1.54) is 15.9 Å². The molecular formula is C24H29N5O3S. The highest BCUT2D eigenvalue weighted by molar-refractivity contribution is 7.89. The van der Waals surface area contributed by atoms with E-state index < -0.39 is 10.0 Å². The molecule has 1 fully saturated rings. The topological polar surface area (TPSA) is 87.5 Å². The van der Waals surface area contributed by atoms with Crippen LogP contribution < -0.4 is 5.32 Å². The Hall–Kier alpha value is -3.01. The van der Waals surface area contributed by atoms with Crippen LogP contribution in [0.25, 0.3) is 0 Å². The van der Waals surface area contributed by atoms with E-state index in [0.29, 0.717) is 44.8 Å². The van der Waals surface area contributed by atoms with Gasteiger partial charge in [-0.15, -0.1) is 0 Å². The van der Waals surface area contributed by atoms with Crippen molar-refractivity contribution in [1.29, 1.82) is 0 Å². The molecule has 174 valence electrons. The first-order valence-corrected chi connectivity index (χ1v) is 12.6. The van der Waals surface area contributed by atoms with Crippen LogP contribution in [0.3, 0.4) is 0 Å². The van der Waals surface area contributed by atoms with Crippen molar-refractivity contribution in [3.8, 4) is 0 Å². The average Bonchev–Trinajstić information content (AvgIpc) is 3.36. The molecule has 0 bridgehead atoms. The second-order valence-electron chi connectivity index (χ2n) is 8.07. The van der Waals surface area contributed by atoms with Gasteiger partial charge in [-0.1, -0.05) is 36.4 Å². The number of aromatic nitrogens is 2. The first kappa shape index (κ1) is 23.2. The van der Waals surface area contributed by atoms with Crippen LogP contribution in [0.4, 0.5) is 0 Å². The molecule has 0 saturated carbocycles. The predicted octanol–water partition coefficient (Wildman–Crippen LogP) is 2.21. The molecule has 33 heavy (non-hydrogen) atoms. The molecule has 0 unspecified atom stereocenters. The van der Waals surface area contributed by atoms with Gasteiger partial charge in [-0.2, -0.15) is 9.40 Å². The number of rotatable bonds is 9. The lowest BCUT2D eigenvalue weighted by atomic mass is 10.2. The van der Waals surface area contributed by atoms with Crippen LogP contribution in [0.2, 0.25) is 0 Å². The van der Waals surface area contributed by atoms with Crippen molar-refractivity contribution >= 4 is 15.9 Å². The molecule has 0 radical (unpaired) electrons. The fourth-order valence-corrected chi connectivity index (χ4v) is 5.36. The number of hydrogen-bond donors (Lipinski definition) is 1. The van der Waals surface area contributed by atoms with Crippen LogP contribution in [-0.2, 0) is 23.1 Å². The third-order valence-corrected chi connectivity index (χ3v) is 7.62. The van der Waals surface area contributed by atoms with Crippen molar-refractivity contribution in [3.05, 3.63) is 84.2 Å². The fraction of sp³-hybridized carbons (Fsp3) is 0.333. The van der Waals surface area contributed by atoms with Gasteiger partial charge in [0.2, 0.25) is 10.0 Å². The van der Waals surface area contributed by atoms with E-state index in [-0.39, 0.29) is 10.8 Å². The van der Waals surface area contributed by atoms with Crippen molar-refractivity contribution in [3.63, 3.8) is 0 Å². The second kappa shape index (κ2) is 10.7. The monoisotopic (exact) mass is 467 g/mol. The number of sulfonamides is 1. The Labute approximate surface area is 194 Å². The smallest absolute Gasteiger partial charge is 0.251 e. The maximum atomic E-state index is 13.2. The molecule has 2 heterocycles.